The second-order valence-electron chi connectivity index (χ2n) is 9.00. The van der Waals surface area contributed by atoms with Crippen molar-refractivity contribution >= 4 is 10.9 Å². The van der Waals surface area contributed by atoms with E-state index < -0.39 is 6.17 Å². The van der Waals surface area contributed by atoms with Gasteiger partial charge >= 0.3 is 0 Å². The monoisotopic (exact) mass is 447 g/mol. The molecule has 172 valence electrons. The summed E-state index contributed by atoms with van der Waals surface area (Å²) in [5.74, 6) is 0.448. The molecule has 0 radical (unpaired) electrons. The summed E-state index contributed by atoms with van der Waals surface area (Å²) in [4.78, 5) is 12.2. The van der Waals surface area contributed by atoms with Gasteiger partial charge in [0.25, 0.3) is 0 Å². The summed E-state index contributed by atoms with van der Waals surface area (Å²) in [5, 5.41) is 8.80. The summed E-state index contributed by atoms with van der Waals surface area (Å²) in [6, 6.07) is 10.2. The molecule has 0 amide bonds. The predicted molar refractivity (Wildman–Crippen MR) is 127 cm³/mol. The maximum atomic E-state index is 15.1. The summed E-state index contributed by atoms with van der Waals surface area (Å²) >= 11 is 0. The van der Waals surface area contributed by atoms with Gasteiger partial charge in [0.15, 0.2) is 0 Å². The molecule has 33 heavy (non-hydrogen) atoms. The van der Waals surface area contributed by atoms with Gasteiger partial charge in [-0.05, 0) is 41.3 Å². The van der Waals surface area contributed by atoms with E-state index in [0.29, 0.717) is 18.9 Å². The Balaban J connectivity index is 1.14. The van der Waals surface area contributed by atoms with Gasteiger partial charge in [0.2, 0.25) is 0 Å². The van der Waals surface area contributed by atoms with Gasteiger partial charge in [0.1, 0.15) is 18.8 Å². The van der Waals surface area contributed by atoms with Gasteiger partial charge in [-0.25, -0.2) is 4.39 Å². The molecule has 1 N–H and O–H groups in total. The summed E-state index contributed by atoms with van der Waals surface area (Å²) in [6.07, 6.45) is 8.55. The Bertz CT molecular complexity index is 1150. The molecule has 0 saturated carbocycles. The van der Waals surface area contributed by atoms with Crippen LogP contribution in [0.4, 0.5) is 4.39 Å². The first-order valence-electron chi connectivity index (χ1n) is 11.6. The maximum Gasteiger partial charge on any atom is 0.123 e. The normalized spacial score (nSPS) is 17.4. The zero-order chi connectivity index (χ0) is 22.6. The lowest BCUT2D eigenvalue weighted by Gasteiger charge is -2.36. The quantitative estimate of drug-likeness (QED) is 0.448. The first-order chi connectivity index (χ1) is 16.2. The van der Waals surface area contributed by atoms with E-state index in [-0.39, 0.29) is 0 Å². The number of hydrogen-bond acceptors (Lipinski definition) is 5. The number of hydrogen-bond donors (Lipinski definition) is 1. The second kappa shape index (κ2) is 9.80. The van der Waals surface area contributed by atoms with Crippen molar-refractivity contribution in [2.45, 2.75) is 25.4 Å². The van der Waals surface area contributed by atoms with Crippen molar-refractivity contribution in [1.82, 2.24) is 34.5 Å². The Kier molecular flexibility index (Phi) is 6.46. The first kappa shape index (κ1) is 21.7. The summed E-state index contributed by atoms with van der Waals surface area (Å²) < 4.78 is 16.9. The van der Waals surface area contributed by atoms with E-state index in [1.165, 1.54) is 5.56 Å². The van der Waals surface area contributed by atoms with E-state index >= 15 is 4.39 Å². The van der Waals surface area contributed by atoms with Crippen molar-refractivity contribution in [2.24, 2.45) is 0 Å². The SMILES string of the molecule is C[C@@H](CN1CCN(C[C@H](F)Cc2c[nH]c3ccc(-n4cnnc4)cc23)CC1)c1cccnc1. The van der Waals surface area contributed by atoms with Crippen LogP contribution >= 0.6 is 0 Å². The number of H-pyrrole nitrogens is 1. The van der Waals surface area contributed by atoms with E-state index in [2.05, 4.69) is 49.0 Å². The number of piperazine rings is 1. The summed E-state index contributed by atoms with van der Waals surface area (Å²) in [7, 11) is 0. The Hall–Kier alpha value is -3.10. The highest BCUT2D eigenvalue weighted by molar-refractivity contribution is 5.85. The number of halogens is 1. The van der Waals surface area contributed by atoms with Gasteiger partial charge in [-0.3, -0.25) is 14.5 Å². The smallest absolute Gasteiger partial charge is 0.123 e. The molecule has 0 aliphatic carbocycles. The topological polar surface area (TPSA) is 65.9 Å². The van der Waals surface area contributed by atoms with Crippen molar-refractivity contribution < 1.29 is 4.39 Å². The van der Waals surface area contributed by atoms with E-state index in [4.69, 9.17) is 0 Å². The fourth-order valence-corrected chi connectivity index (χ4v) is 4.73. The van der Waals surface area contributed by atoms with Crippen LogP contribution in [-0.2, 0) is 6.42 Å². The molecule has 8 heteroatoms. The average molecular weight is 448 g/mol. The molecule has 0 spiro atoms. The molecule has 4 heterocycles. The number of aromatic amines is 1. The molecule has 0 bridgehead atoms. The van der Waals surface area contributed by atoms with E-state index in [1.807, 2.05) is 41.4 Å². The zero-order valence-electron chi connectivity index (χ0n) is 18.9. The van der Waals surface area contributed by atoms with Crippen LogP contribution in [0.5, 0.6) is 0 Å². The van der Waals surface area contributed by atoms with E-state index in [9.17, 15) is 0 Å². The highest BCUT2D eigenvalue weighted by Crippen LogP contribution is 2.24. The van der Waals surface area contributed by atoms with Gasteiger partial charge in [0, 0.05) is 80.9 Å². The lowest BCUT2D eigenvalue weighted by atomic mass is 10.0. The number of aromatic nitrogens is 5. The molecule has 4 aromatic rings. The van der Waals surface area contributed by atoms with E-state index in [1.54, 1.807) is 12.7 Å². The number of nitrogens with one attached hydrogen (secondary N) is 1. The van der Waals surface area contributed by atoms with Gasteiger partial charge < -0.3 is 9.88 Å². The minimum atomic E-state index is -0.900. The van der Waals surface area contributed by atoms with Gasteiger partial charge in [-0.1, -0.05) is 13.0 Å². The number of fused-ring (bicyclic) bond motifs is 1. The third-order valence-electron chi connectivity index (χ3n) is 6.62. The first-order valence-corrected chi connectivity index (χ1v) is 11.6. The standard InChI is InChI=1S/C25H30FN7/c1-19(20-3-2-6-27-13-20)15-31-7-9-32(10-8-31)16-22(26)11-21-14-28-25-5-4-23(12-24(21)25)33-17-29-30-18-33/h2-6,12-14,17-19,22,28H,7-11,15-16H2,1H3/t19-,22+/m0/s1. The van der Waals surface area contributed by atoms with Crippen molar-refractivity contribution in [2.75, 3.05) is 39.3 Å². The van der Waals surface area contributed by atoms with E-state index in [0.717, 1.165) is 54.9 Å². The number of rotatable bonds is 8. The van der Waals surface area contributed by atoms with Gasteiger partial charge in [-0.15, -0.1) is 10.2 Å². The minimum Gasteiger partial charge on any atom is -0.361 e. The second-order valence-corrected chi connectivity index (χ2v) is 9.00. The molecule has 2 atom stereocenters. The number of nitrogens with zero attached hydrogens (tertiary/aromatic N) is 6. The molecule has 0 unspecified atom stereocenters. The lowest BCUT2D eigenvalue weighted by Crippen LogP contribution is -2.49. The number of pyridine rings is 1. The molecule has 5 rings (SSSR count). The molecular weight excluding hydrogens is 417 g/mol. The van der Waals surface area contributed by atoms with Crippen LogP contribution in [0.3, 0.4) is 0 Å². The maximum absolute atomic E-state index is 15.1. The molecule has 1 aliphatic heterocycles. The van der Waals surface area contributed by atoms with Crippen LogP contribution < -0.4 is 0 Å². The van der Waals surface area contributed by atoms with Gasteiger partial charge in [-0.2, -0.15) is 0 Å². The molecule has 1 saturated heterocycles. The van der Waals surface area contributed by atoms with Crippen LogP contribution in [0, 0.1) is 0 Å². The van der Waals surface area contributed by atoms with Crippen LogP contribution in [0.2, 0.25) is 0 Å². The molecule has 1 aliphatic rings. The summed E-state index contributed by atoms with van der Waals surface area (Å²) in [6.45, 7) is 7.51. The molecular formula is C25H30FN7. The Morgan fingerprint density at radius 2 is 1.79 bits per heavy atom. The average Bonchev–Trinajstić information content (AvgIpc) is 3.51. The van der Waals surface area contributed by atoms with Crippen molar-refractivity contribution in [1.29, 1.82) is 0 Å². The third-order valence-corrected chi connectivity index (χ3v) is 6.62. The lowest BCUT2D eigenvalue weighted by molar-refractivity contribution is 0.104. The molecule has 1 aromatic carbocycles. The fourth-order valence-electron chi connectivity index (χ4n) is 4.73. The van der Waals surface area contributed by atoms with Crippen LogP contribution in [-0.4, -0.2) is 80.0 Å². The highest BCUT2D eigenvalue weighted by atomic mass is 19.1. The van der Waals surface area contributed by atoms with Crippen LogP contribution in [0.15, 0.2) is 61.6 Å². The molecule has 7 nitrogen and oxygen atoms in total. The van der Waals surface area contributed by atoms with Crippen molar-refractivity contribution in [3.05, 3.63) is 72.7 Å². The Morgan fingerprint density at radius 3 is 2.52 bits per heavy atom. The third kappa shape index (κ3) is 5.12. The summed E-state index contributed by atoms with van der Waals surface area (Å²) in [5.41, 5.74) is 4.28. The largest absolute Gasteiger partial charge is 0.361 e. The van der Waals surface area contributed by atoms with Gasteiger partial charge in [0.05, 0.1) is 0 Å². The van der Waals surface area contributed by atoms with Crippen molar-refractivity contribution in [3.63, 3.8) is 0 Å². The number of benzene rings is 1. The molecule has 1 fully saturated rings. The highest BCUT2D eigenvalue weighted by Gasteiger charge is 2.22. The Labute approximate surface area is 193 Å². The van der Waals surface area contributed by atoms with Crippen LogP contribution in [0.1, 0.15) is 24.0 Å². The fraction of sp³-hybridized carbons (Fsp3) is 0.400. The predicted octanol–water partition coefficient (Wildman–Crippen LogP) is 3.45. The molecule has 3 aromatic heterocycles. The number of alkyl halides is 1. The van der Waals surface area contributed by atoms with Crippen molar-refractivity contribution in [3.8, 4) is 5.69 Å². The minimum absolute atomic E-state index is 0.407. The van der Waals surface area contributed by atoms with Crippen LogP contribution in [0.25, 0.3) is 16.6 Å². The zero-order valence-corrected chi connectivity index (χ0v) is 18.9. The Morgan fingerprint density at radius 1 is 1.03 bits per heavy atom.